The van der Waals surface area contributed by atoms with Crippen molar-refractivity contribution >= 4 is 40.6 Å². The van der Waals surface area contributed by atoms with Gasteiger partial charge in [0.1, 0.15) is 5.92 Å². The Morgan fingerprint density at radius 1 is 0.864 bits per heavy atom. The third-order valence-electron chi connectivity index (χ3n) is 7.60. The molecule has 1 heterocycles. The number of carbonyl (C=O) groups excluding carboxylic acids is 3. The highest BCUT2D eigenvalue weighted by Crippen LogP contribution is 2.37. The first kappa shape index (κ1) is 30.4. The molecule has 44 heavy (non-hydrogen) atoms. The summed E-state index contributed by atoms with van der Waals surface area (Å²) >= 11 is 0. The van der Waals surface area contributed by atoms with Gasteiger partial charge in [-0.2, -0.15) is 0 Å². The van der Waals surface area contributed by atoms with Gasteiger partial charge in [0.25, 0.3) is 0 Å². The minimum Gasteiger partial charge on any atom is -0.462 e. The number of hydrogen-bond donors (Lipinski definition) is 1. The number of ether oxygens (including phenoxy) is 1. The van der Waals surface area contributed by atoms with E-state index in [0.29, 0.717) is 35.6 Å². The fraction of sp³-hybridized carbons (Fsp3) is 0.222. The zero-order valence-corrected chi connectivity index (χ0v) is 25.2. The van der Waals surface area contributed by atoms with Crippen LogP contribution in [0.2, 0.25) is 0 Å². The molecule has 1 unspecified atom stereocenters. The van der Waals surface area contributed by atoms with Gasteiger partial charge in [-0.3, -0.25) is 14.6 Å². The van der Waals surface area contributed by atoms with E-state index in [-0.39, 0.29) is 18.4 Å². The average molecular weight is 589 g/mol. The molecule has 1 aliphatic rings. The lowest BCUT2D eigenvalue weighted by Gasteiger charge is -2.21. The molecule has 1 aliphatic heterocycles. The van der Waals surface area contributed by atoms with Crippen LogP contribution in [0.1, 0.15) is 46.3 Å². The minimum absolute atomic E-state index is 0.0209. The van der Waals surface area contributed by atoms with E-state index < -0.39 is 11.9 Å². The molecule has 4 aromatic rings. The summed E-state index contributed by atoms with van der Waals surface area (Å²) in [7, 11) is 3.79. The molecular weight excluding hydrogens is 552 g/mol. The van der Waals surface area contributed by atoms with Crippen LogP contribution in [0, 0.1) is 0 Å². The fourth-order valence-electron chi connectivity index (χ4n) is 5.24. The fourth-order valence-corrected chi connectivity index (χ4v) is 5.24. The quantitative estimate of drug-likeness (QED) is 0.166. The van der Waals surface area contributed by atoms with Gasteiger partial charge in [0, 0.05) is 37.9 Å². The van der Waals surface area contributed by atoms with Gasteiger partial charge < -0.3 is 19.9 Å². The Kier molecular flexibility index (Phi) is 9.62. The summed E-state index contributed by atoms with van der Waals surface area (Å²) in [6.07, 6.45) is 0.395. The molecule has 0 saturated carbocycles. The first-order valence-corrected chi connectivity index (χ1v) is 14.7. The lowest BCUT2D eigenvalue weighted by Crippen LogP contribution is -2.30. The van der Waals surface area contributed by atoms with Crippen molar-refractivity contribution in [2.75, 3.05) is 37.5 Å². The van der Waals surface area contributed by atoms with Crippen LogP contribution in [-0.4, -0.2) is 55.6 Å². The number of benzene rings is 4. The minimum atomic E-state index is -0.666. The van der Waals surface area contributed by atoms with Crippen molar-refractivity contribution in [2.45, 2.75) is 25.8 Å². The van der Waals surface area contributed by atoms with Crippen LogP contribution in [0.5, 0.6) is 0 Å². The maximum Gasteiger partial charge on any atom is 0.338 e. The molecule has 1 N–H and O–H groups in total. The SMILES string of the molecule is CCOC(=O)c1ccc2c(c1)NC(=O)C2C(=Nc1ccc(N(C)C(=O)CCN(C)Cc2ccccc2)cc1)c1ccccc1. The van der Waals surface area contributed by atoms with Crippen LogP contribution >= 0.6 is 0 Å². The van der Waals surface area contributed by atoms with E-state index in [9.17, 15) is 14.4 Å². The smallest absolute Gasteiger partial charge is 0.338 e. The van der Waals surface area contributed by atoms with Crippen molar-refractivity contribution < 1.29 is 19.1 Å². The molecule has 8 nitrogen and oxygen atoms in total. The van der Waals surface area contributed by atoms with Crippen LogP contribution in [-0.2, 0) is 20.9 Å². The van der Waals surface area contributed by atoms with Gasteiger partial charge in [-0.15, -0.1) is 0 Å². The standard InChI is InChI=1S/C36H36N4O4/c1-4-44-36(43)27-15-20-30-31(23-27)38-35(42)33(30)34(26-13-9-6-10-14-26)37-28-16-18-29(19-17-28)40(3)32(41)21-22-39(2)24-25-11-7-5-8-12-25/h5-20,23,33H,4,21-22,24H2,1-3H3,(H,38,42). The van der Waals surface area contributed by atoms with Crippen molar-refractivity contribution in [1.82, 2.24) is 4.90 Å². The van der Waals surface area contributed by atoms with Gasteiger partial charge in [-0.05, 0) is 67.1 Å². The molecule has 2 amide bonds. The highest BCUT2D eigenvalue weighted by atomic mass is 16.5. The van der Waals surface area contributed by atoms with Crippen molar-refractivity contribution in [2.24, 2.45) is 4.99 Å². The highest BCUT2D eigenvalue weighted by Gasteiger charge is 2.36. The topological polar surface area (TPSA) is 91.3 Å². The molecule has 8 heteroatoms. The van der Waals surface area contributed by atoms with Crippen LogP contribution in [0.3, 0.4) is 0 Å². The third kappa shape index (κ3) is 7.10. The monoisotopic (exact) mass is 588 g/mol. The van der Waals surface area contributed by atoms with E-state index in [2.05, 4.69) is 22.3 Å². The first-order valence-electron chi connectivity index (χ1n) is 14.7. The summed E-state index contributed by atoms with van der Waals surface area (Å²) in [5, 5.41) is 2.92. The molecule has 0 aliphatic carbocycles. The Morgan fingerprint density at radius 3 is 2.23 bits per heavy atom. The molecule has 0 fully saturated rings. The Morgan fingerprint density at radius 2 is 1.55 bits per heavy atom. The van der Waals surface area contributed by atoms with Gasteiger partial charge in [0.05, 0.1) is 23.6 Å². The van der Waals surface area contributed by atoms with Crippen molar-refractivity contribution in [3.8, 4) is 0 Å². The summed E-state index contributed by atoms with van der Waals surface area (Å²) < 4.78 is 5.12. The number of amides is 2. The van der Waals surface area contributed by atoms with Crippen LogP contribution in [0.25, 0.3) is 0 Å². The van der Waals surface area contributed by atoms with Gasteiger partial charge in [0.2, 0.25) is 11.8 Å². The highest BCUT2D eigenvalue weighted by molar-refractivity contribution is 6.24. The Balaban J connectivity index is 1.33. The number of aliphatic imine (C=N–C) groups is 1. The van der Waals surface area contributed by atoms with E-state index in [1.54, 1.807) is 37.1 Å². The molecule has 0 aromatic heterocycles. The number of fused-ring (bicyclic) bond motifs is 1. The van der Waals surface area contributed by atoms with Gasteiger partial charge >= 0.3 is 5.97 Å². The largest absolute Gasteiger partial charge is 0.462 e. The second kappa shape index (κ2) is 13.9. The number of carbonyl (C=O) groups is 3. The van der Waals surface area contributed by atoms with Gasteiger partial charge in [-0.1, -0.05) is 66.7 Å². The predicted octanol–water partition coefficient (Wildman–Crippen LogP) is 6.20. The van der Waals surface area contributed by atoms with E-state index in [1.165, 1.54) is 5.56 Å². The zero-order chi connectivity index (χ0) is 31.1. The lowest BCUT2D eigenvalue weighted by atomic mass is 9.90. The Hall–Kier alpha value is -5.08. The van der Waals surface area contributed by atoms with E-state index in [1.807, 2.05) is 79.8 Å². The number of rotatable bonds is 11. The van der Waals surface area contributed by atoms with E-state index >= 15 is 0 Å². The van der Waals surface area contributed by atoms with Crippen LogP contribution in [0.15, 0.2) is 108 Å². The molecule has 0 bridgehead atoms. The first-order chi connectivity index (χ1) is 21.3. The normalized spacial score (nSPS) is 14.2. The summed E-state index contributed by atoms with van der Waals surface area (Å²) in [5.74, 6) is -1.30. The van der Waals surface area contributed by atoms with E-state index in [4.69, 9.17) is 9.73 Å². The predicted molar refractivity (Wildman–Crippen MR) is 174 cm³/mol. The summed E-state index contributed by atoms with van der Waals surface area (Å²) in [6, 6.07) is 32.3. The molecule has 0 saturated heterocycles. The Labute approximate surface area is 258 Å². The summed E-state index contributed by atoms with van der Waals surface area (Å²) in [5.41, 5.74) is 5.71. The Bertz CT molecular complexity index is 1650. The molecule has 224 valence electrons. The number of nitrogens with zero attached hydrogens (tertiary/aromatic N) is 3. The molecule has 0 radical (unpaired) electrons. The number of esters is 1. The molecular formula is C36H36N4O4. The number of hydrogen-bond acceptors (Lipinski definition) is 6. The van der Waals surface area contributed by atoms with Crippen LogP contribution in [0.4, 0.5) is 17.1 Å². The second-order valence-electron chi connectivity index (χ2n) is 10.8. The van der Waals surface area contributed by atoms with Crippen molar-refractivity contribution in [3.63, 3.8) is 0 Å². The summed E-state index contributed by atoms with van der Waals surface area (Å²) in [4.78, 5) is 47.3. The zero-order valence-electron chi connectivity index (χ0n) is 25.2. The lowest BCUT2D eigenvalue weighted by molar-refractivity contribution is -0.118. The van der Waals surface area contributed by atoms with Crippen LogP contribution < -0.4 is 10.2 Å². The van der Waals surface area contributed by atoms with E-state index in [0.717, 1.165) is 23.4 Å². The number of nitrogens with one attached hydrogen (secondary N) is 1. The molecule has 1 atom stereocenters. The summed E-state index contributed by atoms with van der Waals surface area (Å²) in [6.45, 7) is 3.45. The maximum absolute atomic E-state index is 13.3. The molecule has 5 rings (SSSR count). The second-order valence-corrected chi connectivity index (χ2v) is 10.8. The maximum atomic E-state index is 13.3. The third-order valence-corrected chi connectivity index (χ3v) is 7.60. The average Bonchev–Trinajstić information content (AvgIpc) is 3.38. The number of anilines is 2. The van der Waals surface area contributed by atoms with Gasteiger partial charge in [0.15, 0.2) is 0 Å². The van der Waals surface area contributed by atoms with Crippen molar-refractivity contribution in [3.05, 3.63) is 125 Å². The molecule has 0 spiro atoms. The molecule has 4 aromatic carbocycles. The van der Waals surface area contributed by atoms with Gasteiger partial charge in [-0.25, -0.2) is 4.79 Å². The van der Waals surface area contributed by atoms with Crippen molar-refractivity contribution in [1.29, 1.82) is 0 Å².